The van der Waals surface area contributed by atoms with Crippen LogP contribution < -0.4 is 4.49 Å². The minimum atomic E-state index is -0.511. The summed E-state index contributed by atoms with van der Waals surface area (Å²) in [6.45, 7) is 0. The van der Waals surface area contributed by atoms with Crippen molar-refractivity contribution >= 4 is 30.5 Å². The lowest BCUT2D eigenvalue weighted by atomic mass is 13.9. The van der Waals surface area contributed by atoms with E-state index < -0.39 is 8.61 Å². The lowest BCUT2D eigenvalue weighted by Crippen LogP contribution is -1.68. The molecule has 0 aliphatic rings. The van der Waals surface area contributed by atoms with Crippen LogP contribution in [0.15, 0.2) is 0 Å². The largest absolute Gasteiger partial charge is 0.429 e. The Labute approximate surface area is 40.2 Å². The van der Waals surface area contributed by atoms with E-state index >= 15 is 0 Å². The van der Waals surface area contributed by atoms with Crippen LogP contribution in [0.25, 0.3) is 0 Å². The van der Waals surface area contributed by atoms with Crippen LogP contribution >= 0.6 is 30.5 Å². The van der Waals surface area contributed by atoms with Crippen molar-refractivity contribution in [1.82, 2.24) is 4.49 Å². The molecule has 0 amide bonds. The number of rotatable bonds is 2. The van der Waals surface area contributed by atoms with E-state index in [0.29, 0.717) is 0 Å². The third-order valence-electron chi connectivity index (χ3n) is 0.0802. The average molecular weight is 131 g/mol. The van der Waals surface area contributed by atoms with Crippen LogP contribution in [0.2, 0.25) is 0 Å². The van der Waals surface area contributed by atoms with Crippen LogP contribution in [0, 0.1) is 0 Å². The first-order valence-electron chi connectivity index (χ1n) is 0.813. The van der Waals surface area contributed by atoms with E-state index in [2.05, 4.69) is 4.49 Å². The van der Waals surface area contributed by atoms with Crippen molar-refractivity contribution in [3.63, 3.8) is 0 Å². The van der Waals surface area contributed by atoms with E-state index in [1.165, 1.54) is 0 Å². The molecule has 0 spiro atoms. The van der Waals surface area contributed by atoms with Gasteiger partial charge in [0.1, 0.15) is 0 Å². The predicted molar refractivity (Wildman–Crippen MR) is 25.6 cm³/mol. The molecule has 0 aliphatic heterocycles. The Bertz CT molecular complexity index is 32.8. The maximum Gasteiger partial charge on any atom is 0.429 e. The first-order valence-corrected chi connectivity index (χ1v) is 3.36. The smallest absolute Gasteiger partial charge is 0.0521 e. The van der Waals surface area contributed by atoms with Gasteiger partial charge in [0.05, 0.1) is 11.2 Å². The van der Waals surface area contributed by atoms with Gasteiger partial charge in [-0.1, -0.05) is 4.57 Å². The summed E-state index contributed by atoms with van der Waals surface area (Å²) in [6, 6.07) is 0. The van der Waals surface area contributed by atoms with Crippen LogP contribution in [-0.2, 0) is 4.57 Å². The molecule has 0 aromatic rings. The maximum absolute atomic E-state index is 9.34. The second kappa shape index (κ2) is 4.70. The van der Waals surface area contributed by atoms with Gasteiger partial charge in [-0.15, -0.1) is 0 Å². The summed E-state index contributed by atoms with van der Waals surface area (Å²) in [7, 11) is 4.40. The van der Waals surface area contributed by atoms with E-state index in [1.54, 1.807) is 0 Å². The number of nitrogens with one attached hydrogen (secondary N) is 1. The van der Waals surface area contributed by atoms with Crippen molar-refractivity contribution in [2.45, 2.75) is 0 Å². The Morgan fingerprint density at radius 1 is 2.00 bits per heavy atom. The van der Waals surface area contributed by atoms with Gasteiger partial charge in [-0.05, 0) is 15.2 Å². The molecule has 1 atom stereocenters. The van der Waals surface area contributed by atoms with Crippen LogP contribution in [0.3, 0.4) is 0 Å². The number of hydrogen-bond acceptors (Lipinski definition) is 2. The van der Waals surface area contributed by atoms with Crippen molar-refractivity contribution in [2.24, 2.45) is 0 Å². The maximum atomic E-state index is 9.34. The zero-order valence-electron chi connectivity index (χ0n) is 2.19. The van der Waals surface area contributed by atoms with Gasteiger partial charge in [0.25, 0.3) is 0 Å². The fourth-order valence-electron chi connectivity index (χ4n) is 0.0157. The highest BCUT2D eigenvalue weighted by Crippen LogP contribution is 2.02. The van der Waals surface area contributed by atoms with Gasteiger partial charge in [0, 0.05) is 0 Å². The van der Waals surface area contributed by atoms with Crippen molar-refractivity contribution in [1.29, 1.82) is 0 Å². The Morgan fingerprint density at radius 3 is 2.60 bits per heavy atom. The second-order valence-electron chi connectivity index (χ2n) is 0.281. The van der Waals surface area contributed by atoms with E-state index in [9.17, 15) is 4.57 Å². The Kier molecular flexibility index (Phi) is 5.36. The molecule has 0 radical (unpaired) electrons. The Morgan fingerprint density at radius 2 is 2.60 bits per heavy atom. The summed E-state index contributed by atoms with van der Waals surface area (Å²) in [5.74, 6) is 0. The van der Waals surface area contributed by atoms with E-state index in [0.717, 1.165) is 11.2 Å². The van der Waals surface area contributed by atoms with E-state index in [1.807, 2.05) is 0 Å². The molecule has 0 heterocycles. The molecule has 0 bridgehead atoms. The van der Waals surface area contributed by atoms with Crippen LogP contribution in [-0.4, -0.2) is 0 Å². The molecule has 0 rings (SSSR count). The zero-order chi connectivity index (χ0) is 4.12. The monoisotopic (exact) mass is 130 g/mol. The van der Waals surface area contributed by atoms with E-state index in [-0.39, 0.29) is 0 Å². The zero-order valence-corrected chi connectivity index (χ0v) is 4.77. The van der Waals surface area contributed by atoms with Gasteiger partial charge < -0.3 is 0 Å². The molecule has 0 fully saturated rings. The summed E-state index contributed by atoms with van der Waals surface area (Å²) >= 11 is 0.824. The van der Waals surface area contributed by atoms with Gasteiger partial charge in [0.2, 0.25) is 0 Å². The fourth-order valence-corrected chi connectivity index (χ4v) is 0.425. The molecule has 1 unspecified atom stereocenters. The first kappa shape index (κ1) is 5.70. The molecule has 5 heavy (non-hydrogen) atoms. The lowest BCUT2D eigenvalue weighted by molar-refractivity contribution is 0.598. The summed E-state index contributed by atoms with van der Waals surface area (Å²) in [4.78, 5) is 0. The predicted octanol–water partition coefficient (Wildman–Crippen LogP) is 1.32. The van der Waals surface area contributed by atoms with E-state index in [4.69, 9.17) is 10.7 Å². The minimum absolute atomic E-state index is 0.511. The van der Waals surface area contributed by atoms with Gasteiger partial charge in [-0.3, -0.25) is 0 Å². The number of hydrogen-bond donors (Lipinski definition) is 1. The highest BCUT2D eigenvalue weighted by Gasteiger charge is 1.77. The average Bonchev–Trinajstić information content (AvgIpc) is 1.41. The molecule has 0 saturated carbocycles. The third kappa shape index (κ3) is 4.70. The van der Waals surface area contributed by atoms with Crippen LogP contribution in [0.5, 0.6) is 0 Å². The third-order valence-corrected chi connectivity index (χ3v) is 1.42. The second-order valence-corrected chi connectivity index (χ2v) is 1.92. The number of halogens is 1. The molecule has 5 heteroatoms. The van der Waals surface area contributed by atoms with Crippen LogP contribution in [0.4, 0.5) is 0 Å². The van der Waals surface area contributed by atoms with Gasteiger partial charge in [0.15, 0.2) is 0 Å². The standard InChI is InChI=1S/ClHNOPS/c1-5-2-4-3/h(H,2,3)/p+1. The molecule has 0 aliphatic carbocycles. The lowest BCUT2D eigenvalue weighted by Gasteiger charge is -1.59. The topological polar surface area (TPSA) is 29.1 Å². The Balaban J connectivity index is 2.40. The molecule has 2 nitrogen and oxygen atoms in total. The molecular formula is H2ClNOPS+. The SMILES string of the molecule is O=[PH+]NSCl. The molecule has 30 valence electrons. The van der Waals surface area contributed by atoms with Crippen LogP contribution in [0.1, 0.15) is 0 Å². The van der Waals surface area contributed by atoms with Gasteiger partial charge >= 0.3 is 8.61 Å². The highest BCUT2D eigenvalue weighted by atomic mass is 35.7. The van der Waals surface area contributed by atoms with Crippen molar-refractivity contribution < 1.29 is 4.57 Å². The Hall–Kier alpha value is 0.700. The fraction of sp³-hybridized carbons (Fsp3) is 0. The van der Waals surface area contributed by atoms with Crippen molar-refractivity contribution in [3.05, 3.63) is 0 Å². The summed E-state index contributed by atoms with van der Waals surface area (Å²) in [5.41, 5.74) is 0. The highest BCUT2D eigenvalue weighted by molar-refractivity contribution is 8.21. The molecule has 1 N–H and O–H groups in total. The molecule has 0 saturated heterocycles. The summed E-state index contributed by atoms with van der Waals surface area (Å²) in [6.07, 6.45) is 0. The first-order chi connectivity index (χ1) is 2.41. The van der Waals surface area contributed by atoms with Gasteiger partial charge in [-0.2, -0.15) is 0 Å². The molecular weight excluding hydrogens is 128 g/mol. The normalized spacial score (nSPS) is 9.00. The molecule has 0 aromatic carbocycles. The molecule has 0 aromatic heterocycles. The summed E-state index contributed by atoms with van der Waals surface area (Å²) < 4.78 is 11.6. The van der Waals surface area contributed by atoms with Gasteiger partial charge in [-0.25, -0.2) is 0 Å². The quantitative estimate of drug-likeness (QED) is 0.452. The summed E-state index contributed by atoms with van der Waals surface area (Å²) in [5, 5.41) is 0. The van der Waals surface area contributed by atoms with Crippen molar-refractivity contribution in [3.8, 4) is 0 Å². The van der Waals surface area contributed by atoms with Crippen molar-refractivity contribution in [2.75, 3.05) is 0 Å². The minimum Gasteiger partial charge on any atom is -0.0521 e.